The van der Waals surface area contributed by atoms with Gasteiger partial charge >= 0.3 is 11.9 Å². The fraction of sp³-hybridized carbons (Fsp3) is 0.900. The second-order valence-corrected chi connectivity index (χ2v) is 8.19. The lowest BCUT2D eigenvalue weighted by Crippen LogP contribution is -2.23. The van der Waals surface area contributed by atoms with Crippen molar-refractivity contribution < 1.29 is 29.6 Å². The standard InChI is InChI=1S/2C10H20O2.H2O2/c2*1-5-6-7-8-12-9(11)10(2,3)4;1-2/h2*5-8H2,1-4H3;1-2H. The lowest BCUT2D eigenvalue weighted by molar-refractivity contribution is -0.176. The van der Waals surface area contributed by atoms with Gasteiger partial charge in [-0.15, -0.1) is 0 Å². The summed E-state index contributed by atoms with van der Waals surface area (Å²) in [5.74, 6) is -0.197. The molecule has 6 nitrogen and oxygen atoms in total. The second kappa shape index (κ2) is 17.3. The van der Waals surface area contributed by atoms with Crippen LogP contribution in [0.15, 0.2) is 0 Å². The normalized spacial score (nSPS) is 10.7. The Labute approximate surface area is 160 Å². The molecule has 0 aromatic carbocycles. The lowest BCUT2D eigenvalue weighted by Gasteiger charge is -2.16. The number of ether oxygens (including phenoxy) is 2. The van der Waals surface area contributed by atoms with E-state index in [1.54, 1.807) is 0 Å². The Morgan fingerprint density at radius 2 is 0.923 bits per heavy atom. The maximum atomic E-state index is 11.2. The molecule has 158 valence electrons. The van der Waals surface area contributed by atoms with Gasteiger partial charge in [0.15, 0.2) is 0 Å². The molecule has 0 atom stereocenters. The van der Waals surface area contributed by atoms with Crippen LogP contribution in [0.3, 0.4) is 0 Å². The molecule has 0 aliphatic heterocycles. The van der Waals surface area contributed by atoms with Crippen molar-refractivity contribution in [3.8, 4) is 0 Å². The highest BCUT2D eigenvalue weighted by molar-refractivity contribution is 5.75. The van der Waals surface area contributed by atoms with E-state index >= 15 is 0 Å². The zero-order valence-corrected chi connectivity index (χ0v) is 18.2. The Morgan fingerprint density at radius 1 is 0.654 bits per heavy atom. The van der Waals surface area contributed by atoms with Crippen molar-refractivity contribution in [3.05, 3.63) is 0 Å². The van der Waals surface area contributed by atoms with Gasteiger partial charge in [0.2, 0.25) is 0 Å². The van der Waals surface area contributed by atoms with Crippen LogP contribution in [0.25, 0.3) is 0 Å². The van der Waals surface area contributed by atoms with Gasteiger partial charge in [0.25, 0.3) is 0 Å². The van der Waals surface area contributed by atoms with E-state index in [2.05, 4.69) is 13.8 Å². The molecule has 0 rings (SSSR count). The maximum absolute atomic E-state index is 11.2. The first kappa shape index (κ1) is 29.6. The molecule has 26 heavy (non-hydrogen) atoms. The van der Waals surface area contributed by atoms with Gasteiger partial charge in [-0.25, -0.2) is 0 Å². The summed E-state index contributed by atoms with van der Waals surface area (Å²) in [6.45, 7) is 16.6. The molecule has 6 heteroatoms. The Bertz CT molecular complexity index is 305. The highest BCUT2D eigenvalue weighted by atomic mass is 17.0. The Hall–Kier alpha value is -1.14. The van der Waals surface area contributed by atoms with Crippen LogP contribution in [0, 0.1) is 10.8 Å². The molecule has 0 unspecified atom stereocenters. The summed E-state index contributed by atoms with van der Waals surface area (Å²) >= 11 is 0. The monoisotopic (exact) mass is 378 g/mol. The van der Waals surface area contributed by atoms with E-state index in [1.807, 2.05) is 41.5 Å². The van der Waals surface area contributed by atoms with Crippen LogP contribution in [0.1, 0.15) is 93.9 Å². The van der Waals surface area contributed by atoms with Crippen LogP contribution in [-0.2, 0) is 19.1 Å². The van der Waals surface area contributed by atoms with Gasteiger partial charge < -0.3 is 9.47 Å². The highest BCUT2D eigenvalue weighted by Crippen LogP contribution is 2.16. The average molecular weight is 379 g/mol. The minimum absolute atomic E-state index is 0.0985. The summed E-state index contributed by atoms with van der Waals surface area (Å²) in [5.41, 5.74) is -0.710. The first-order chi connectivity index (χ1) is 12.0. The lowest BCUT2D eigenvalue weighted by atomic mass is 9.97. The topological polar surface area (TPSA) is 93.1 Å². The summed E-state index contributed by atoms with van der Waals surface area (Å²) in [6.07, 6.45) is 6.56. The van der Waals surface area contributed by atoms with Gasteiger partial charge in [-0.1, -0.05) is 39.5 Å². The molecule has 0 saturated heterocycles. The molecule has 2 N–H and O–H groups in total. The molecule has 0 amide bonds. The number of carbonyl (C=O) groups is 2. The largest absolute Gasteiger partial charge is 0.465 e. The van der Waals surface area contributed by atoms with Crippen molar-refractivity contribution >= 4 is 11.9 Å². The number of hydrogen-bond acceptors (Lipinski definition) is 6. The van der Waals surface area contributed by atoms with Crippen molar-refractivity contribution in [1.29, 1.82) is 0 Å². The molecule has 0 aromatic heterocycles. The number of rotatable bonds is 8. The van der Waals surface area contributed by atoms with Crippen LogP contribution in [0.4, 0.5) is 0 Å². The average Bonchev–Trinajstić information content (AvgIpc) is 2.56. The van der Waals surface area contributed by atoms with Crippen molar-refractivity contribution in [2.45, 2.75) is 93.9 Å². The maximum Gasteiger partial charge on any atom is 0.311 e. The summed E-state index contributed by atoms with van der Waals surface area (Å²) in [4.78, 5) is 22.4. The highest BCUT2D eigenvalue weighted by Gasteiger charge is 2.23. The van der Waals surface area contributed by atoms with E-state index in [1.165, 1.54) is 0 Å². The Morgan fingerprint density at radius 3 is 1.12 bits per heavy atom. The molecular formula is C20H42O6. The van der Waals surface area contributed by atoms with E-state index in [0.717, 1.165) is 38.5 Å². The van der Waals surface area contributed by atoms with Gasteiger partial charge in [0, 0.05) is 0 Å². The van der Waals surface area contributed by atoms with E-state index in [0.29, 0.717) is 13.2 Å². The van der Waals surface area contributed by atoms with Crippen molar-refractivity contribution in [2.75, 3.05) is 13.2 Å². The zero-order valence-electron chi connectivity index (χ0n) is 18.2. The van der Waals surface area contributed by atoms with Gasteiger partial charge in [-0.05, 0) is 54.4 Å². The summed E-state index contributed by atoms with van der Waals surface area (Å²) < 4.78 is 10.1. The predicted molar refractivity (Wildman–Crippen MR) is 105 cm³/mol. The van der Waals surface area contributed by atoms with Crippen LogP contribution < -0.4 is 0 Å². The molecular weight excluding hydrogens is 336 g/mol. The molecule has 0 heterocycles. The molecule has 0 aliphatic rings. The van der Waals surface area contributed by atoms with Gasteiger partial charge in [0.05, 0.1) is 24.0 Å². The fourth-order valence-corrected chi connectivity index (χ4v) is 1.47. The summed E-state index contributed by atoms with van der Waals surface area (Å²) in [7, 11) is 0. The van der Waals surface area contributed by atoms with Crippen molar-refractivity contribution in [3.63, 3.8) is 0 Å². The van der Waals surface area contributed by atoms with Gasteiger partial charge in [0.1, 0.15) is 0 Å². The van der Waals surface area contributed by atoms with Gasteiger partial charge in [-0.3, -0.25) is 20.1 Å². The van der Waals surface area contributed by atoms with Crippen LogP contribution in [0.5, 0.6) is 0 Å². The SMILES string of the molecule is CCCCCOC(=O)C(C)(C)C.CCCCCOC(=O)C(C)(C)C.OO. The van der Waals surface area contributed by atoms with Crippen molar-refractivity contribution in [1.82, 2.24) is 0 Å². The number of esters is 2. The minimum atomic E-state index is -0.355. The van der Waals surface area contributed by atoms with E-state index in [9.17, 15) is 9.59 Å². The Balaban J connectivity index is -0.000000371. The molecule has 0 saturated carbocycles. The second-order valence-electron chi connectivity index (χ2n) is 8.19. The first-order valence-electron chi connectivity index (χ1n) is 9.51. The molecule has 0 radical (unpaired) electrons. The zero-order chi connectivity index (χ0) is 21.2. The van der Waals surface area contributed by atoms with Gasteiger partial charge in [-0.2, -0.15) is 0 Å². The molecule has 0 spiro atoms. The smallest absolute Gasteiger partial charge is 0.311 e. The third-order valence-corrected chi connectivity index (χ3v) is 3.19. The molecule has 0 fully saturated rings. The number of hydrogen-bond donors (Lipinski definition) is 2. The molecule has 0 bridgehead atoms. The third kappa shape index (κ3) is 20.9. The molecule has 0 aromatic rings. The van der Waals surface area contributed by atoms with Crippen molar-refractivity contribution in [2.24, 2.45) is 10.8 Å². The van der Waals surface area contributed by atoms with E-state index in [4.69, 9.17) is 20.0 Å². The van der Waals surface area contributed by atoms with Crippen LogP contribution in [-0.4, -0.2) is 35.7 Å². The third-order valence-electron chi connectivity index (χ3n) is 3.19. The van der Waals surface area contributed by atoms with Crippen LogP contribution >= 0.6 is 0 Å². The first-order valence-corrected chi connectivity index (χ1v) is 9.51. The quantitative estimate of drug-likeness (QED) is 0.249. The van der Waals surface area contributed by atoms with E-state index in [-0.39, 0.29) is 22.8 Å². The minimum Gasteiger partial charge on any atom is -0.465 e. The van der Waals surface area contributed by atoms with E-state index < -0.39 is 0 Å². The Kier molecular flexibility index (Phi) is 19.7. The number of unbranched alkanes of at least 4 members (excludes halogenated alkanes) is 4. The summed E-state index contributed by atoms with van der Waals surface area (Å²) in [6, 6.07) is 0. The summed E-state index contributed by atoms with van der Waals surface area (Å²) in [5, 5.41) is 12.0. The predicted octanol–water partition coefficient (Wildman–Crippen LogP) is 5.55. The molecule has 0 aliphatic carbocycles. The fourth-order valence-electron chi connectivity index (χ4n) is 1.47. The number of carbonyl (C=O) groups excluding carboxylic acids is 2. The van der Waals surface area contributed by atoms with Crippen LogP contribution in [0.2, 0.25) is 0 Å².